The van der Waals surface area contributed by atoms with Gasteiger partial charge in [-0.2, -0.15) is 0 Å². The van der Waals surface area contributed by atoms with Gasteiger partial charge in [0.15, 0.2) is 0 Å². The van der Waals surface area contributed by atoms with Crippen LogP contribution in [0.5, 0.6) is 0 Å². The molecule has 0 spiro atoms. The number of nitrogens with zero attached hydrogens (tertiary/aromatic N) is 1. The maximum atomic E-state index is 12.5. The number of hydrogen-bond donors (Lipinski definition) is 0. The van der Waals surface area contributed by atoms with Crippen LogP contribution in [0.3, 0.4) is 0 Å². The van der Waals surface area contributed by atoms with Crippen molar-refractivity contribution in [2.24, 2.45) is 11.8 Å². The van der Waals surface area contributed by atoms with Crippen molar-refractivity contribution in [1.82, 2.24) is 4.90 Å². The molecule has 0 aromatic rings. The van der Waals surface area contributed by atoms with E-state index in [9.17, 15) is 4.79 Å². The molecule has 17 heavy (non-hydrogen) atoms. The average Bonchev–Trinajstić information content (AvgIpc) is 2.36. The fourth-order valence-electron chi connectivity index (χ4n) is 2.20. The van der Waals surface area contributed by atoms with E-state index in [4.69, 9.17) is 4.74 Å². The monoisotopic (exact) mass is 239 g/mol. The summed E-state index contributed by atoms with van der Waals surface area (Å²) in [4.78, 5) is 14.4. The van der Waals surface area contributed by atoms with E-state index in [0.29, 0.717) is 13.2 Å². The molecular weight excluding hydrogens is 214 g/mol. The van der Waals surface area contributed by atoms with Gasteiger partial charge in [-0.15, -0.1) is 0 Å². The van der Waals surface area contributed by atoms with E-state index in [1.54, 1.807) is 0 Å². The van der Waals surface area contributed by atoms with E-state index >= 15 is 0 Å². The number of allylic oxidation sites excluding steroid dienone is 1. The van der Waals surface area contributed by atoms with E-state index in [2.05, 4.69) is 41.5 Å². The van der Waals surface area contributed by atoms with Gasteiger partial charge in [0.25, 0.3) is 5.91 Å². The van der Waals surface area contributed by atoms with Crippen LogP contribution in [0.25, 0.3) is 0 Å². The van der Waals surface area contributed by atoms with Crippen molar-refractivity contribution < 1.29 is 9.53 Å². The van der Waals surface area contributed by atoms with Crippen LogP contribution in [0.4, 0.5) is 0 Å². The van der Waals surface area contributed by atoms with Gasteiger partial charge in [0.2, 0.25) is 0 Å². The zero-order valence-corrected chi connectivity index (χ0v) is 11.9. The molecule has 1 amide bonds. The Kier molecular flexibility index (Phi) is 4.61. The summed E-state index contributed by atoms with van der Waals surface area (Å²) in [6, 6.07) is 0.228. The lowest BCUT2D eigenvalue weighted by molar-refractivity contribution is -0.129. The fraction of sp³-hybridized carbons (Fsp3) is 0.786. The number of ether oxygens (including phenoxy) is 1. The lowest BCUT2D eigenvalue weighted by atomic mass is 9.95. The molecule has 1 aliphatic rings. The first kappa shape index (κ1) is 14.1. The number of rotatable bonds is 3. The Morgan fingerprint density at radius 3 is 2.06 bits per heavy atom. The Bertz CT molecular complexity index is 316. The molecule has 1 aliphatic heterocycles. The lowest BCUT2D eigenvalue weighted by Gasteiger charge is -2.26. The van der Waals surface area contributed by atoms with E-state index < -0.39 is 0 Å². The highest BCUT2D eigenvalue weighted by Gasteiger charge is 2.30. The number of hydrogen-bond acceptors (Lipinski definition) is 2. The minimum atomic E-state index is 0.149. The van der Waals surface area contributed by atoms with Crippen molar-refractivity contribution in [2.75, 3.05) is 13.2 Å². The van der Waals surface area contributed by atoms with Crippen LogP contribution in [0.15, 0.2) is 11.3 Å². The van der Waals surface area contributed by atoms with E-state index in [0.717, 1.165) is 11.3 Å². The Morgan fingerprint density at radius 2 is 1.65 bits per heavy atom. The average molecular weight is 239 g/mol. The van der Waals surface area contributed by atoms with Crippen LogP contribution in [-0.4, -0.2) is 30.0 Å². The van der Waals surface area contributed by atoms with Crippen molar-refractivity contribution in [3.05, 3.63) is 11.3 Å². The van der Waals surface area contributed by atoms with Gasteiger partial charge in [-0.3, -0.25) is 4.79 Å². The molecule has 0 aliphatic carbocycles. The molecule has 0 unspecified atom stereocenters. The van der Waals surface area contributed by atoms with Crippen LogP contribution in [-0.2, 0) is 9.53 Å². The molecule has 0 N–H and O–H groups in total. The number of carbonyl (C=O) groups is 1. The molecule has 98 valence electrons. The number of carbonyl (C=O) groups excluding carboxylic acids is 1. The number of amides is 1. The maximum Gasteiger partial charge on any atom is 0.253 e. The molecular formula is C14H25NO2. The molecule has 0 saturated carbocycles. The fourth-order valence-corrected chi connectivity index (χ4v) is 2.20. The SMILES string of the molecule is CC(C)C1=C(C(C)C)C(=O)N(C(C)C)CCO1. The Morgan fingerprint density at radius 1 is 1.06 bits per heavy atom. The van der Waals surface area contributed by atoms with E-state index in [-0.39, 0.29) is 23.8 Å². The van der Waals surface area contributed by atoms with Crippen molar-refractivity contribution in [3.63, 3.8) is 0 Å². The summed E-state index contributed by atoms with van der Waals surface area (Å²) in [7, 11) is 0. The summed E-state index contributed by atoms with van der Waals surface area (Å²) in [5.41, 5.74) is 0.853. The molecule has 1 rings (SSSR count). The molecule has 0 fully saturated rings. The summed E-state index contributed by atoms with van der Waals surface area (Å²) in [6.07, 6.45) is 0. The summed E-state index contributed by atoms with van der Waals surface area (Å²) in [5, 5.41) is 0. The van der Waals surface area contributed by atoms with Crippen molar-refractivity contribution >= 4 is 5.91 Å². The normalized spacial score (nSPS) is 18.2. The van der Waals surface area contributed by atoms with Crippen molar-refractivity contribution in [2.45, 2.75) is 47.6 Å². The molecule has 3 nitrogen and oxygen atoms in total. The third kappa shape index (κ3) is 3.02. The molecule has 3 heteroatoms. The van der Waals surface area contributed by atoms with E-state index in [1.165, 1.54) is 0 Å². The lowest BCUT2D eigenvalue weighted by Crippen LogP contribution is -2.39. The summed E-state index contributed by atoms with van der Waals surface area (Å²) >= 11 is 0. The van der Waals surface area contributed by atoms with Gasteiger partial charge in [-0.25, -0.2) is 0 Å². The third-order valence-corrected chi connectivity index (χ3v) is 3.07. The quantitative estimate of drug-likeness (QED) is 0.758. The first-order chi connectivity index (χ1) is 7.86. The standard InChI is InChI=1S/C14H25NO2/c1-9(2)12-13(10(3)4)17-8-7-15(11(5)6)14(12)16/h9-11H,7-8H2,1-6H3. The zero-order valence-electron chi connectivity index (χ0n) is 11.9. The van der Waals surface area contributed by atoms with Gasteiger partial charge in [0, 0.05) is 12.0 Å². The summed E-state index contributed by atoms with van der Waals surface area (Å²) in [6.45, 7) is 13.7. The molecule has 0 bridgehead atoms. The molecule has 0 aromatic carbocycles. The van der Waals surface area contributed by atoms with Gasteiger partial charge < -0.3 is 9.64 Å². The first-order valence-electron chi connectivity index (χ1n) is 6.54. The minimum absolute atomic E-state index is 0.149. The molecule has 0 atom stereocenters. The topological polar surface area (TPSA) is 29.5 Å². The second kappa shape index (κ2) is 5.56. The predicted octanol–water partition coefficient (Wildman–Crippen LogP) is 2.82. The van der Waals surface area contributed by atoms with Gasteiger partial charge in [-0.1, -0.05) is 27.7 Å². The first-order valence-corrected chi connectivity index (χ1v) is 6.54. The maximum absolute atomic E-state index is 12.5. The molecule has 0 radical (unpaired) electrons. The predicted molar refractivity (Wildman–Crippen MR) is 69.5 cm³/mol. The second-order valence-corrected chi connectivity index (χ2v) is 5.53. The Hall–Kier alpha value is -0.990. The van der Waals surface area contributed by atoms with Gasteiger partial charge in [0.05, 0.1) is 12.1 Å². The van der Waals surface area contributed by atoms with Crippen LogP contribution in [0.2, 0.25) is 0 Å². The molecule has 0 aromatic heterocycles. The Balaban J connectivity index is 3.17. The third-order valence-electron chi connectivity index (χ3n) is 3.07. The highest BCUT2D eigenvalue weighted by atomic mass is 16.5. The van der Waals surface area contributed by atoms with Crippen LogP contribution >= 0.6 is 0 Å². The summed E-state index contributed by atoms with van der Waals surface area (Å²) < 4.78 is 5.81. The highest BCUT2D eigenvalue weighted by molar-refractivity contribution is 5.94. The molecule has 0 saturated heterocycles. The van der Waals surface area contributed by atoms with Crippen LogP contribution in [0.1, 0.15) is 41.5 Å². The molecule has 1 heterocycles. The Labute approximate surface area is 105 Å². The smallest absolute Gasteiger partial charge is 0.253 e. The summed E-state index contributed by atoms with van der Waals surface area (Å²) in [5.74, 6) is 1.51. The van der Waals surface area contributed by atoms with Gasteiger partial charge >= 0.3 is 0 Å². The van der Waals surface area contributed by atoms with Gasteiger partial charge in [0.1, 0.15) is 12.4 Å². The van der Waals surface area contributed by atoms with Crippen LogP contribution in [0, 0.1) is 11.8 Å². The van der Waals surface area contributed by atoms with Crippen molar-refractivity contribution in [1.29, 1.82) is 0 Å². The van der Waals surface area contributed by atoms with Crippen molar-refractivity contribution in [3.8, 4) is 0 Å². The minimum Gasteiger partial charge on any atom is -0.495 e. The van der Waals surface area contributed by atoms with Gasteiger partial charge in [-0.05, 0) is 19.8 Å². The zero-order chi connectivity index (χ0) is 13.2. The second-order valence-electron chi connectivity index (χ2n) is 5.53. The van der Waals surface area contributed by atoms with Crippen LogP contribution < -0.4 is 0 Å². The van der Waals surface area contributed by atoms with E-state index in [1.807, 2.05) is 4.90 Å². The highest BCUT2D eigenvalue weighted by Crippen LogP contribution is 2.27. The largest absolute Gasteiger partial charge is 0.495 e.